The van der Waals surface area contributed by atoms with Crippen molar-refractivity contribution in [3.05, 3.63) is 47.3 Å². The Labute approximate surface area is 110 Å². The van der Waals surface area contributed by atoms with E-state index in [-0.39, 0.29) is 11.9 Å². The van der Waals surface area contributed by atoms with Gasteiger partial charge < -0.3 is 5.32 Å². The van der Waals surface area contributed by atoms with Gasteiger partial charge in [-0.1, -0.05) is 38.1 Å². The molecule has 0 aliphatic carbocycles. The van der Waals surface area contributed by atoms with Gasteiger partial charge in [0.15, 0.2) is 0 Å². The molecule has 100 valence electrons. The van der Waals surface area contributed by atoms with Crippen LogP contribution in [0.25, 0.3) is 0 Å². The highest BCUT2D eigenvalue weighted by Gasteiger charge is 2.12. The van der Waals surface area contributed by atoms with Gasteiger partial charge in [0.05, 0.1) is 0 Å². The van der Waals surface area contributed by atoms with Crippen molar-refractivity contribution in [1.82, 2.24) is 5.32 Å². The van der Waals surface area contributed by atoms with E-state index in [4.69, 9.17) is 0 Å². The van der Waals surface area contributed by atoms with Crippen LogP contribution in [0, 0.1) is 12.7 Å². The first-order valence-electron chi connectivity index (χ1n) is 6.74. The van der Waals surface area contributed by atoms with Crippen LogP contribution in [0.5, 0.6) is 0 Å². The van der Waals surface area contributed by atoms with E-state index in [1.165, 1.54) is 5.57 Å². The summed E-state index contributed by atoms with van der Waals surface area (Å²) in [5.74, 6) is -0.137. The highest BCUT2D eigenvalue weighted by atomic mass is 19.1. The molecule has 0 spiro atoms. The van der Waals surface area contributed by atoms with Crippen LogP contribution in [-0.2, 0) is 0 Å². The summed E-state index contributed by atoms with van der Waals surface area (Å²) in [5.41, 5.74) is 3.08. The fourth-order valence-corrected chi connectivity index (χ4v) is 1.94. The third-order valence-electron chi connectivity index (χ3n) is 3.22. The van der Waals surface area contributed by atoms with Crippen molar-refractivity contribution in [3.8, 4) is 0 Å². The molecule has 1 N–H and O–H groups in total. The molecule has 2 heteroatoms. The molecule has 0 aliphatic heterocycles. The molecule has 0 saturated heterocycles. The molecule has 1 nitrogen and oxygen atoms in total. The van der Waals surface area contributed by atoms with Crippen LogP contribution >= 0.6 is 0 Å². The number of hydrogen-bond acceptors (Lipinski definition) is 1. The van der Waals surface area contributed by atoms with Gasteiger partial charge in [-0.05, 0) is 49.9 Å². The molecule has 1 unspecified atom stereocenters. The van der Waals surface area contributed by atoms with Crippen molar-refractivity contribution >= 4 is 0 Å². The molecule has 18 heavy (non-hydrogen) atoms. The fourth-order valence-electron chi connectivity index (χ4n) is 1.94. The molecule has 1 rings (SSSR count). The van der Waals surface area contributed by atoms with Gasteiger partial charge in [0.25, 0.3) is 0 Å². The first-order valence-corrected chi connectivity index (χ1v) is 6.74. The maximum absolute atomic E-state index is 13.3. The monoisotopic (exact) mass is 249 g/mol. The minimum Gasteiger partial charge on any atom is -0.310 e. The van der Waals surface area contributed by atoms with Gasteiger partial charge in [0, 0.05) is 6.04 Å². The molecule has 0 saturated carbocycles. The minimum atomic E-state index is -0.137. The number of benzene rings is 1. The number of nitrogens with one attached hydrogen (secondary N) is 1. The highest BCUT2D eigenvalue weighted by Crippen LogP contribution is 2.23. The maximum atomic E-state index is 13.3. The lowest BCUT2D eigenvalue weighted by atomic mass is 9.97. The average molecular weight is 249 g/mol. The van der Waals surface area contributed by atoms with Crippen molar-refractivity contribution in [1.29, 1.82) is 0 Å². The Bertz CT molecular complexity index is 398. The molecule has 0 radical (unpaired) electrons. The summed E-state index contributed by atoms with van der Waals surface area (Å²) in [5, 5.41) is 3.51. The van der Waals surface area contributed by atoms with Gasteiger partial charge >= 0.3 is 0 Å². The van der Waals surface area contributed by atoms with Gasteiger partial charge in [-0.25, -0.2) is 4.39 Å². The second kappa shape index (κ2) is 7.32. The SMILES string of the molecule is C=C(CC)CC(NCCC)c1ccc(F)c(C)c1. The van der Waals surface area contributed by atoms with E-state index in [9.17, 15) is 4.39 Å². The zero-order valence-electron chi connectivity index (χ0n) is 11.7. The van der Waals surface area contributed by atoms with Crippen LogP contribution in [0.2, 0.25) is 0 Å². The quantitative estimate of drug-likeness (QED) is 0.700. The van der Waals surface area contributed by atoms with Crippen molar-refractivity contribution in [3.63, 3.8) is 0 Å². The molecule has 0 aromatic heterocycles. The van der Waals surface area contributed by atoms with Crippen LogP contribution in [0.3, 0.4) is 0 Å². The molecular formula is C16H24FN. The Balaban J connectivity index is 2.86. The van der Waals surface area contributed by atoms with Gasteiger partial charge in [-0.15, -0.1) is 0 Å². The molecule has 0 bridgehead atoms. The van der Waals surface area contributed by atoms with E-state index < -0.39 is 0 Å². The summed E-state index contributed by atoms with van der Waals surface area (Å²) < 4.78 is 13.3. The Morgan fingerprint density at radius 1 is 1.39 bits per heavy atom. The van der Waals surface area contributed by atoms with Crippen molar-refractivity contribution < 1.29 is 4.39 Å². The first-order chi connectivity index (χ1) is 8.58. The minimum absolute atomic E-state index is 0.137. The first kappa shape index (κ1) is 14.9. The van der Waals surface area contributed by atoms with Crippen LogP contribution in [0.15, 0.2) is 30.4 Å². The molecule has 0 heterocycles. The normalized spacial score (nSPS) is 12.4. The molecule has 0 amide bonds. The molecule has 0 fully saturated rings. The zero-order valence-corrected chi connectivity index (χ0v) is 11.7. The van der Waals surface area contributed by atoms with Crippen LogP contribution in [0.1, 0.15) is 50.3 Å². The lowest BCUT2D eigenvalue weighted by Crippen LogP contribution is -2.22. The van der Waals surface area contributed by atoms with Gasteiger partial charge in [-0.3, -0.25) is 0 Å². The average Bonchev–Trinajstić information content (AvgIpc) is 2.37. The van der Waals surface area contributed by atoms with E-state index in [1.807, 2.05) is 19.1 Å². The predicted octanol–water partition coefficient (Wildman–Crippen LogP) is 4.53. The van der Waals surface area contributed by atoms with Crippen molar-refractivity contribution in [2.45, 2.75) is 46.1 Å². The van der Waals surface area contributed by atoms with Crippen LogP contribution < -0.4 is 5.32 Å². The second-order valence-electron chi connectivity index (χ2n) is 4.82. The molecule has 1 atom stereocenters. The Morgan fingerprint density at radius 3 is 2.67 bits per heavy atom. The maximum Gasteiger partial charge on any atom is 0.126 e. The smallest absolute Gasteiger partial charge is 0.126 e. The summed E-state index contributed by atoms with van der Waals surface area (Å²) in [6.07, 6.45) is 3.00. The van der Waals surface area contributed by atoms with Gasteiger partial charge in [-0.2, -0.15) is 0 Å². The fraction of sp³-hybridized carbons (Fsp3) is 0.500. The number of aryl methyl sites for hydroxylation is 1. The van der Waals surface area contributed by atoms with E-state index in [1.54, 1.807) is 6.07 Å². The number of hydrogen-bond donors (Lipinski definition) is 1. The topological polar surface area (TPSA) is 12.0 Å². The van der Waals surface area contributed by atoms with Crippen molar-refractivity contribution in [2.75, 3.05) is 6.54 Å². The third kappa shape index (κ3) is 4.26. The molecule has 1 aromatic rings. The zero-order chi connectivity index (χ0) is 13.5. The highest BCUT2D eigenvalue weighted by molar-refractivity contribution is 5.27. The summed E-state index contributed by atoms with van der Waals surface area (Å²) in [6.45, 7) is 11.1. The second-order valence-corrected chi connectivity index (χ2v) is 4.82. The lowest BCUT2D eigenvalue weighted by molar-refractivity contribution is 0.521. The molecule has 0 aliphatic rings. The summed E-state index contributed by atoms with van der Waals surface area (Å²) in [4.78, 5) is 0. The lowest BCUT2D eigenvalue weighted by Gasteiger charge is -2.20. The van der Waals surface area contributed by atoms with Crippen LogP contribution in [-0.4, -0.2) is 6.54 Å². The summed E-state index contributed by atoms with van der Waals surface area (Å²) in [7, 11) is 0. The predicted molar refractivity (Wildman–Crippen MR) is 76.2 cm³/mol. The van der Waals surface area contributed by atoms with E-state index in [0.29, 0.717) is 5.56 Å². The summed E-state index contributed by atoms with van der Waals surface area (Å²) >= 11 is 0. The van der Waals surface area contributed by atoms with E-state index >= 15 is 0 Å². The standard InChI is InChI=1S/C16H24FN/c1-5-9-18-16(10-12(3)6-2)14-7-8-15(17)13(4)11-14/h7-8,11,16,18H,3,5-6,9-10H2,1-2,4H3. The molecular weight excluding hydrogens is 225 g/mol. The van der Waals surface area contributed by atoms with E-state index in [2.05, 4.69) is 25.7 Å². The Morgan fingerprint density at radius 2 is 2.11 bits per heavy atom. The van der Waals surface area contributed by atoms with E-state index in [0.717, 1.165) is 31.4 Å². The summed E-state index contributed by atoms with van der Waals surface area (Å²) in [6, 6.07) is 5.61. The Hall–Kier alpha value is -1.15. The molecule has 1 aromatic carbocycles. The number of rotatable bonds is 7. The number of halogens is 1. The van der Waals surface area contributed by atoms with Gasteiger partial charge in [0.2, 0.25) is 0 Å². The third-order valence-corrected chi connectivity index (χ3v) is 3.22. The largest absolute Gasteiger partial charge is 0.310 e. The van der Waals surface area contributed by atoms with Crippen LogP contribution in [0.4, 0.5) is 4.39 Å². The Kier molecular flexibility index (Phi) is 6.06. The van der Waals surface area contributed by atoms with Gasteiger partial charge in [0.1, 0.15) is 5.82 Å². The van der Waals surface area contributed by atoms with Crippen molar-refractivity contribution in [2.24, 2.45) is 0 Å².